The molecule has 5 atom stereocenters. The number of phosphoric acid groups is 2. The van der Waals surface area contributed by atoms with Crippen molar-refractivity contribution in [2.24, 2.45) is 0 Å². The first-order valence-electron chi connectivity index (χ1n) is 38.5. The normalized spacial score (nSPS) is 14.3. The Balaban J connectivity index is 5.31. The van der Waals surface area contributed by atoms with E-state index in [0.29, 0.717) is 25.7 Å². The highest BCUT2D eigenvalue weighted by atomic mass is 31.2. The first kappa shape index (κ1) is 92.8. The SMILES string of the molecule is CC/C=C\C/C=C\C/C=C\CCCCCCCCCC(=O)OCC(COP(=O)(O)OCC(O)COP(=O)(O)OCC(COC(=O)CCCCCCCCCCCCCCC)OC(=O)CCCCCCCCCCCCC)OC(=O)CCCCCCC/C=C\C/C=C\CCCCC. The van der Waals surface area contributed by atoms with E-state index in [-0.39, 0.29) is 25.7 Å². The Hall–Kier alpha value is -3.24. The first-order valence-corrected chi connectivity index (χ1v) is 41.5. The van der Waals surface area contributed by atoms with Gasteiger partial charge in [-0.2, -0.15) is 0 Å². The van der Waals surface area contributed by atoms with Gasteiger partial charge in [0.2, 0.25) is 0 Å². The largest absolute Gasteiger partial charge is 0.472 e. The minimum atomic E-state index is -4.97. The van der Waals surface area contributed by atoms with Gasteiger partial charge in [0.25, 0.3) is 0 Å². The smallest absolute Gasteiger partial charge is 0.462 e. The fourth-order valence-electron chi connectivity index (χ4n) is 10.6. The monoisotopic (exact) mass is 1400 g/mol. The third kappa shape index (κ3) is 69.2. The molecule has 0 aromatic heterocycles. The molecule has 0 fully saturated rings. The zero-order valence-corrected chi connectivity index (χ0v) is 62.8. The van der Waals surface area contributed by atoms with Crippen LogP contribution in [-0.4, -0.2) is 96.7 Å². The molecule has 3 N–H and O–H groups in total. The van der Waals surface area contributed by atoms with E-state index in [1.165, 1.54) is 116 Å². The van der Waals surface area contributed by atoms with Crippen LogP contribution in [0.2, 0.25) is 0 Å². The molecule has 0 saturated carbocycles. The van der Waals surface area contributed by atoms with Crippen LogP contribution in [0.3, 0.4) is 0 Å². The molecule has 0 aromatic carbocycles. The van der Waals surface area contributed by atoms with Crippen molar-refractivity contribution in [3.63, 3.8) is 0 Å². The molecule has 19 heteroatoms. The zero-order valence-electron chi connectivity index (χ0n) is 61.1. The second-order valence-electron chi connectivity index (χ2n) is 25.9. The fourth-order valence-corrected chi connectivity index (χ4v) is 12.2. The molecule has 560 valence electrons. The van der Waals surface area contributed by atoms with Gasteiger partial charge in [0.05, 0.1) is 26.4 Å². The van der Waals surface area contributed by atoms with Gasteiger partial charge in [-0.1, -0.05) is 294 Å². The summed E-state index contributed by atoms with van der Waals surface area (Å²) in [5.74, 6) is -2.17. The maximum Gasteiger partial charge on any atom is 0.472 e. The van der Waals surface area contributed by atoms with E-state index in [1.54, 1.807) is 0 Å². The van der Waals surface area contributed by atoms with Crippen molar-refractivity contribution in [1.82, 2.24) is 0 Å². The van der Waals surface area contributed by atoms with Crippen LogP contribution in [0.5, 0.6) is 0 Å². The average Bonchev–Trinajstić information content (AvgIpc) is 2.18. The Kier molecular flexibility index (Phi) is 67.8. The molecule has 0 aliphatic heterocycles. The van der Waals surface area contributed by atoms with E-state index in [9.17, 15) is 43.2 Å². The lowest BCUT2D eigenvalue weighted by Gasteiger charge is -2.21. The van der Waals surface area contributed by atoms with Crippen molar-refractivity contribution in [2.75, 3.05) is 39.6 Å². The number of hydrogen-bond donors (Lipinski definition) is 3. The van der Waals surface area contributed by atoms with Crippen molar-refractivity contribution >= 4 is 39.5 Å². The third-order valence-corrected chi connectivity index (χ3v) is 18.4. The summed E-state index contributed by atoms with van der Waals surface area (Å²) in [5.41, 5.74) is 0. The second-order valence-corrected chi connectivity index (χ2v) is 28.8. The van der Waals surface area contributed by atoms with Crippen LogP contribution in [0.15, 0.2) is 60.8 Å². The number of phosphoric ester groups is 2. The van der Waals surface area contributed by atoms with Crippen LogP contribution in [0.25, 0.3) is 0 Å². The van der Waals surface area contributed by atoms with E-state index in [4.69, 9.17) is 37.0 Å². The van der Waals surface area contributed by atoms with Crippen molar-refractivity contribution in [2.45, 2.75) is 367 Å². The van der Waals surface area contributed by atoms with E-state index >= 15 is 0 Å². The number of rotatable bonds is 73. The summed E-state index contributed by atoms with van der Waals surface area (Å²) in [6.45, 7) is 4.76. The summed E-state index contributed by atoms with van der Waals surface area (Å²) in [5, 5.41) is 10.6. The minimum absolute atomic E-state index is 0.0802. The molecule has 0 saturated heterocycles. The number of allylic oxidation sites excluding steroid dienone is 10. The van der Waals surface area contributed by atoms with E-state index < -0.39 is 97.5 Å². The number of ether oxygens (including phenoxy) is 4. The van der Waals surface area contributed by atoms with Crippen LogP contribution in [0.1, 0.15) is 349 Å². The van der Waals surface area contributed by atoms with Gasteiger partial charge in [-0.25, -0.2) is 9.13 Å². The summed E-state index contributed by atoms with van der Waals surface area (Å²) in [6, 6.07) is 0. The van der Waals surface area contributed by atoms with Gasteiger partial charge in [0.15, 0.2) is 12.2 Å². The standard InChI is InChI=1S/C77H140O17P2/c1-5-9-13-17-21-25-29-32-34-35-37-39-43-46-50-54-58-62-75(80)88-68-73(94-77(82)64-60-56-52-48-44-40-36-33-30-26-22-18-14-10-6-2)70-92-96(85,86)90-66-71(78)65-89-95(83,84)91-69-72(93-76(81)63-59-55-51-47-41-28-24-20-16-12-8-4)67-87-74(79)61-57-53-49-45-42-38-31-27-23-19-15-11-7-3/h9,13,21-22,25-26,32-34,36,71-73,78H,5-8,10-12,14-20,23-24,27-31,35,37-70H2,1-4H3,(H,83,84)(H,85,86)/b13-9-,25-21-,26-22-,34-32-,36-33-. The number of carbonyl (C=O) groups is 4. The van der Waals surface area contributed by atoms with Crippen molar-refractivity contribution < 1.29 is 80.2 Å². The first-order chi connectivity index (χ1) is 46.7. The van der Waals surface area contributed by atoms with Crippen LogP contribution in [0, 0.1) is 0 Å². The topological polar surface area (TPSA) is 237 Å². The van der Waals surface area contributed by atoms with Crippen molar-refractivity contribution in [3.8, 4) is 0 Å². The minimum Gasteiger partial charge on any atom is -0.462 e. The van der Waals surface area contributed by atoms with Crippen LogP contribution >= 0.6 is 15.6 Å². The molecule has 0 amide bonds. The quantitative estimate of drug-likeness (QED) is 0.0169. The molecule has 0 spiro atoms. The van der Waals surface area contributed by atoms with Gasteiger partial charge in [-0.15, -0.1) is 0 Å². The van der Waals surface area contributed by atoms with Crippen LogP contribution < -0.4 is 0 Å². The molecule has 5 unspecified atom stereocenters. The number of esters is 4. The van der Waals surface area contributed by atoms with Gasteiger partial charge >= 0.3 is 39.5 Å². The molecule has 0 aliphatic carbocycles. The molecule has 0 bridgehead atoms. The average molecular weight is 1400 g/mol. The Morgan fingerprint density at radius 1 is 0.302 bits per heavy atom. The third-order valence-electron chi connectivity index (χ3n) is 16.5. The maximum absolute atomic E-state index is 13.1. The van der Waals surface area contributed by atoms with Gasteiger partial charge < -0.3 is 33.8 Å². The number of aliphatic hydroxyl groups is 1. The van der Waals surface area contributed by atoms with Crippen molar-refractivity contribution in [3.05, 3.63) is 60.8 Å². The number of unbranched alkanes of at least 4 members (excludes halogenated alkanes) is 37. The van der Waals surface area contributed by atoms with Crippen LogP contribution in [-0.2, 0) is 65.4 Å². The summed E-state index contributed by atoms with van der Waals surface area (Å²) >= 11 is 0. The fraction of sp³-hybridized carbons (Fsp3) is 0.818. The summed E-state index contributed by atoms with van der Waals surface area (Å²) < 4.78 is 68.5. The number of hydrogen-bond acceptors (Lipinski definition) is 15. The Morgan fingerprint density at radius 2 is 0.542 bits per heavy atom. The van der Waals surface area contributed by atoms with Gasteiger partial charge in [-0.05, 0) is 89.9 Å². The molecule has 0 rings (SSSR count). The highest BCUT2D eigenvalue weighted by molar-refractivity contribution is 7.47. The Labute approximate surface area is 584 Å². The van der Waals surface area contributed by atoms with Gasteiger partial charge in [-0.3, -0.25) is 37.3 Å². The maximum atomic E-state index is 13.1. The van der Waals surface area contributed by atoms with E-state index in [1.807, 2.05) is 0 Å². The van der Waals surface area contributed by atoms with Gasteiger partial charge in [0, 0.05) is 25.7 Å². The Bertz CT molecular complexity index is 2060. The van der Waals surface area contributed by atoms with Gasteiger partial charge in [0.1, 0.15) is 19.3 Å². The predicted molar refractivity (Wildman–Crippen MR) is 390 cm³/mol. The Morgan fingerprint density at radius 3 is 0.854 bits per heavy atom. The predicted octanol–water partition coefficient (Wildman–Crippen LogP) is 21.9. The summed E-state index contributed by atoms with van der Waals surface area (Å²) in [6.07, 6.45) is 67.8. The lowest BCUT2D eigenvalue weighted by molar-refractivity contribution is -0.161. The molecular formula is C77H140O17P2. The van der Waals surface area contributed by atoms with Crippen molar-refractivity contribution in [1.29, 1.82) is 0 Å². The molecule has 0 aromatic rings. The molecule has 17 nitrogen and oxygen atoms in total. The summed E-state index contributed by atoms with van der Waals surface area (Å²) in [4.78, 5) is 72.8. The van der Waals surface area contributed by atoms with Crippen LogP contribution in [0.4, 0.5) is 0 Å². The highest BCUT2D eigenvalue weighted by Gasteiger charge is 2.30. The van der Waals surface area contributed by atoms with E-state index in [2.05, 4.69) is 88.5 Å². The zero-order chi connectivity index (χ0) is 70.4. The lowest BCUT2D eigenvalue weighted by atomic mass is 10.0. The number of carbonyl (C=O) groups excluding carboxylic acids is 4. The molecule has 0 heterocycles. The number of aliphatic hydroxyl groups excluding tert-OH is 1. The summed E-state index contributed by atoms with van der Waals surface area (Å²) in [7, 11) is -9.93. The molecule has 96 heavy (non-hydrogen) atoms. The lowest BCUT2D eigenvalue weighted by Crippen LogP contribution is -2.30. The molecule has 0 aliphatic rings. The molecule has 0 radical (unpaired) electrons. The highest BCUT2D eigenvalue weighted by Crippen LogP contribution is 2.45. The van der Waals surface area contributed by atoms with E-state index in [0.717, 1.165) is 154 Å². The second kappa shape index (κ2) is 70.2. The molecular weight excluding hydrogens is 1260 g/mol.